The average Bonchev–Trinajstić information content (AvgIpc) is 4.15. The molecule has 1 saturated heterocycles. The van der Waals surface area contributed by atoms with Crippen molar-refractivity contribution in [2.45, 2.75) is 114 Å². The number of hydrogen-bond acceptors (Lipinski definition) is 11. The molecule has 2 aliphatic carbocycles. The number of aryl methyl sites for hydroxylation is 1. The first-order chi connectivity index (χ1) is 30.3. The molecule has 7 rings (SSSR count). The third-order valence-corrected chi connectivity index (χ3v) is 14.6. The van der Waals surface area contributed by atoms with Crippen LogP contribution in [-0.4, -0.2) is 78.1 Å². The molecule has 2 saturated carbocycles. The van der Waals surface area contributed by atoms with Gasteiger partial charge in [0.2, 0.25) is 27.7 Å². The van der Waals surface area contributed by atoms with E-state index in [0.29, 0.717) is 90.2 Å². The van der Waals surface area contributed by atoms with Crippen molar-refractivity contribution in [1.29, 1.82) is 0 Å². The van der Waals surface area contributed by atoms with Gasteiger partial charge in [-0.15, -0.1) is 11.3 Å². The molecule has 4 N–H and O–H groups in total. The number of nitrogens with two attached hydrogens (primary N) is 1. The highest BCUT2D eigenvalue weighted by Crippen LogP contribution is 2.41. The fourth-order valence-corrected chi connectivity index (χ4v) is 10.3. The minimum atomic E-state index is -4.99. The van der Waals surface area contributed by atoms with Gasteiger partial charge in [0.1, 0.15) is 46.2 Å². The van der Waals surface area contributed by atoms with Crippen molar-refractivity contribution < 1.29 is 49.8 Å². The van der Waals surface area contributed by atoms with Crippen molar-refractivity contribution in [3.63, 3.8) is 0 Å². The quantitative estimate of drug-likeness (QED) is 0.0473. The van der Waals surface area contributed by atoms with Gasteiger partial charge in [0.25, 0.3) is 0 Å². The maximum absolute atomic E-state index is 14.5. The third-order valence-electron chi connectivity index (χ3n) is 11.9. The zero-order chi connectivity index (χ0) is 46.1. The number of fused-ring (bicyclic) bond motifs is 1. The molecule has 344 valence electrons. The predicted octanol–water partition coefficient (Wildman–Crippen LogP) is 8.02. The Balaban J connectivity index is 1.06. The smallest absolute Gasteiger partial charge is 0.419 e. The van der Waals surface area contributed by atoms with Crippen LogP contribution in [0, 0.1) is 24.6 Å². The van der Waals surface area contributed by atoms with Crippen molar-refractivity contribution in [1.82, 2.24) is 19.6 Å². The SMILES string of the molecule is COc1ccc2c(OC3C[C@@H](C(N)=O)N(C(=O)[C@H](CCCCC/C=C\[C@@H]4C[C@@H]4C(=O)NS(=O)(=O)C4CC4)Nc4ccc(F)c(C(F)(F)F)c4)C3)cc(-c3nc(C(C)C)cs3)nc2c1C. The number of rotatable bonds is 19. The van der Waals surface area contributed by atoms with Gasteiger partial charge in [0.15, 0.2) is 0 Å². The van der Waals surface area contributed by atoms with E-state index in [9.17, 15) is 40.4 Å². The van der Waals surface area contributed by atoms with Gasteiger partial charge in [-0.2, -0.15) is 13.2 Å². The number of unbranched alkanes of at least 4 members (excludes halogenated alkanes) is 3. The molecule has 64 heavy (non-hydrogen) atoms. The first-order valence-corrected chi connectivity index (χ1v) is 23.8. The first kappa shape index (κ1) is 46.7. The number of halogens is 4. The minimum Gasteiger partial charge on any atom is -0.496 e. The summed E-state index contributed by atoms with van der Waals surface area (Å²) in [5.41, 5.74) is 7.12. The van der Waals surface area contributed by atoms with Gasteiger partial charge in [0.05, 0.1) is 35.7 Å². The normalized spacial score (nSPS) is 20.5. The number of carbonyl (C=O) groups excluding carboxylic acids is 3. The largest absolute Gasteiger partial charge is 0.496 e. The van der Waals surface area contributed by atoms with Crippen molar-refractivity contribution in [2.75, 3.05) is 19.0 Å². The van der Waals surface area contributed by atoms with Gasteiger partial charge in [0, 0.05) is 40.4 Å². The number of primary amides is 1. The number of likely N-dealkylation sites (tertiary alicyclic amines) is 1. The number of sulfonamides is 1. The Morgan fingerprint density at radius 2 is 1.81 bits per heavy atom. The fraction of sp³-hybridized carbons (Fsp3) is 0.489. The summed E-state index contributed by atoms with van der Waals surface area (Å²) in [6.07, 6.45) is 2.39. The molecule has 0 spiro atoms. The average molecular weight is 929 g/mol. The van der Waals surface area contributed by atoms with E-state index < -0.39 is 68.7 Å². The van der Waals surface area contributed by atoms with Gasteiger partial charge in [-0.1, -0.05) is 38.8 Å². The summed E-state index contributed by atoms with van der Waals surface area (Å²) < 4.78 is 94.1. The number of ether oxygens (including phenoxy) is 2. The Morgan fingerprint density at radius 1 is 1.05 bits per heavy atom. The van der Waals surface area contributed by atoms with Crippen molar-refractivity contribution in [2.24, 2.45) is 17.6 Å². The van der Waals surface area contributed by atoms with Gasteiger partial charge < -0.3 is 25.4 Å². The molecule has 0 radical (unpaired) electrons. The molecule has 3 fully saturated rings. The topological polar surface area (TPSA) is 183 Å². The monoisotopic (exact) mass is 928 g/mol. The number of methoxy groups -OCH3 is 1. The Morgan fingerprint density at radius 3 is 2.48 bits per heavy atom. The van der Waals surface area contributed by atoms with E-state index in [1.165, 1.54) is 16.2 Å². The molecule has 4 aromatic rings. The second kappa shape index (κ2) is 19.0. The van der Waals surface area contributed by atoms with Crippen LogP contribution in [0.25, 0.3) is 21.6 Å². The fourth-order valence-electron chi connectivity index (χ4n) is 8.01. The highest BCUT2D eigenvalue weighted by molar-refractivity contribution is 7.90. The Hall–Kier alpha value is -5.30. The van der Waals surface area contributed by atoms with Crippen LogP contribution in [0.1, 0.15) is 94.4 Å². The lowest BCUT2D eigenvalue weighted by Crippen LogP contribution is -2.49. The summed E-state index contributed by atoms with van der Waals surface area (Å²) in [7, 11) is -2.04. The van der Waals surface area contributed by atoms with Crippen LogP contribution in [0.2, 0.25) is 0 Å². The number of allylic oxidation sites excluding steroid dienone is 2. The van der Waals surface area contributed by atoms with Crippen LogP contribution >= 0.6 is 11.3 Å². The van der Waals surface area contributed by atoms with Gasteiger partial charge in [-0.25, -0.2) is 22.8 Å². The lowest BCUT2D eigenvalue weighted by atomic mass is 10.0. The van der Waals surface area contributed by atoms with E-state index in [-0.39, 0.29) is 42.8 Å². The lowest BCUT2D eigenvalue weighted by molar-refractivity contribution is -0.140. The van der Waals surface area contributed by atoms with Crippen LogP contribution < -0.4 is 25.2 Å². The molecule has 5 atom stereocenters. The maximum Gasteiger partial charge on any atom is 0.419 e. The number of hydrogen-bond donors (Lipinski definition) is 3. The molecule has 3 aliphatic rings. The summed E-state index contributed by atoms with van der Waals surface area (Å²) in [5, 5.41) is 5.72. The van der Waals surface area contributed by atoms with E-state index in [0.717, 1.165) is 17.3 Å². The van der Waals surface area contributed by atoms with E-state index in [2.05, 4.69) is 10.0 Å². The third kappa shape index (κ3) is 10.8. The number of amides is 3. The van der Waals surface area contributed by atoms with E-state index in [1.54, 1.807) is 19.2 Å². The summed E-state index contributed by atoms with van der Waals surface area (Å²) in [5.74, 6) is -2.49. The maximum atomic E-state index is 14.5. The molecule has 1 aliphatic heterocycles. The number of benzene rings is 2. The van der Waals surface area contributed by atoms with Crippen molar-refractivity contribution in [3.05, 3.63) is 76.6 Å². The van der Waals surface area contributed by atoms with Gasteiger partial charge >= 0.3 is 6.18 Å². The van der Waals surface area contributed by atoms with E-state index in [4.69, 9.17) is 25.2 Å². The Kier molecular flexibility index (Phi) is 13.9. The number of aromatic nitrogens is 2. The summed E-state index contributed by atoms with van der Waals surface area (Å²) >= 11 is 1.44. The second-order valence-corrected chi connectivity index (χ2v) is 19.9. The standard InChI is InChI=1S/C45H52F4N6O7S2/c1-24(2)36-23-63-43(53-36)35-21-39(30-15-17-38(61-4)25(3)40(30)52-35)62-28-20-37(41(50)56)55(22-28)44(58)34(51-27-12-16-33(46)32(19-27)45(47,48)49)11-9-7-5-6-8-10-26-18-31(26)42(57)54-64(59,60)29-13-14-29/h8,10,12,15-17,19,21,23-24,26,28-29,31,34,37,51H,5-7,9,11,13-14,18,20,22H2,1-4H3,(H2,50,56)(H,54,57)/b10-8-/t26-,28?,31+,34+,37+/m1/s1. The molecule has 1 unspecified atom stereocenters. The summed E-state index contributed by atoms with van der Waals surface area (Å²) in [6.45, 7) is 5.90. The Labute approximate surface area is 373 Å². The second-order valence-electron chi connectivity index (χ2n) is 17.1. The van der Waals surface area contributed by atoms with Crippen LogP contribution in [0.15, 0.2) is 53.9 Å². The van der Waals surface area contributed by atoms with Crippen LogP contribution in [0.4, 0.5) is 23.2 Å². The first-order valence-electron chi connectivity index (χ1n) is 21.4. The molecule has 2 aromatic heterocycles. The van der Waals surface area contributed by atoms with Crippen LogP contribution in [0.5, 0.6) is 11.5 Å². The van der Waals surface area contributed by atoms with E-state index in [1.807, 2.05) is 44.4 Å². The van der Waals surface area contributed by atoms with Crippen molar-refractivity contribution >= 4 is 55.7 Å². The minimum absolute atomic E-state index is 0.0395. The molecule has 3 amide bonds. The van der Waals surface area contributed by atoms with Gasteiger partial charge in [-0.05, 0) is 87.6 Å². The molecule has 0 bridgehead atoms. The number of thiazole rings is 1. The number of nitrogens with zero attached hydrogens (tertiary/aromatic N) is 3. The number of alkyl halides is 3. The number of anilines is 1. The molecule has 3 heterocycles. The predicted molar refractivity (Wildman–Crippen MR) is 235 cm³/mol. The van der Waals surface area contributed by atoms with Crippen molar-refractivity contribution in [3.8, 4) is 22.2 Å². The van der Waals surface area contributed by atoms with E-state index >= 15 is 0 Å². The van der Waals surface area contributed by atoms with Crippen LogP contribution in [-0.2, 0) is 30.6 Å². The van der Waals surface area contributed by atoms with Crippen LogP contribution in [0.3, 0.4) is 0 Å². The molecule has 13 nitrogen and oxygen atoms in total. The molecular formula is C45H52F4N6O7S2. The highest BCUT2D eigenvalue weighted by atomic mass is 32.2. The molecule has 2 aromatic carbocycles. The Bertz CT molecular complexity index is 2550. The zero-order valence-corrected chi connectivity index (χ0v) is 37.5. The molecular weight excluding hydrogens is 877 g/mol. The molecule has 19 heteroatoms. The number of carbonyl (C=O) groups is 3. The van der Waals surface area contributed by atoms with Gasteiger partial charge in [-0.3, -0.25) is 19.1 Å². The summed E-state index contributed by atoms with van der Waals surface area (Å²) in [6, 6.07) is 5.59. The lowest BCUT2D eigenvalue weighted by Gasteiger charge is -2.28. The number of pyridine rings is 1. The summed E-state index contributed by atoms with van der Waals surface area (Å²) in [4.78, 5) is 50.9. The zero-order valence-electron chi connectivity index (χ0n) is 35.9. The highest BCUT2D eigenvalue weighted by Gasteiger charge is 2.45. The number of nitrogens with one attached hydrogen (secondary N) is 2.